The van der Waals surface area contributed by atoms with Crippen LogP contribution in [-0.4, -0.2) is 30.0 Å². The minimum Gasteiger partial charge on any atom is -0.310 e. The summed E-state index contributed by atoms with van der Waals surface area (Å²) in [5.74, 6) is 0. The summed E-state index contributed by atoms with van der Waals surface area (Å²) < 4.78 is 0. The minimum atomic E-state index is 0.915. The lowest BCUT2D eigenvalue weighted by molar-refractivity contribution is 0.315. The van der Waals surface area contributed by atoms with Gasteiger partial charge >= 0.3 is 0 Å². The predicted molar refractivity (Wildman–Crippen MR) is 80.0 cm³/mol. The predicted octanol–water partition coefficient (Wildman–Crippen LogP) is 3.26. The highest BCUT2D eigenvalue weighted by atomic mass is 32.1. The van der Waals surface area contributed by atoms with Gasteiger partial charge in [-0.25, -0.2) is 4.98 Å². The Bertz CT molecular complexity index is 312. The molecule has 0 aliphatic rings. The number of thiazole rings is 1. The average Bonchev–Trinajstić information content (AvgIpc) is 2.77. The second-order valence-electron chi connectivity index (χ2n) is 4.85. The van der Waals surface area contributed by atoms with Gasteiger partial charge in [0.05, 0.1) is 5.69 Å². The van der Waals surface area contributed by atoms with Gasteiger partial charge in [0.2, 0.25) is 0 Å². The SMILES string of the molecule is CCCCCN(C)Cc1csc(CNCCC)n1. The zero-order valence-electron chi connectivity index (χ0n) is 12.0. The standard InChI is InChI=1S/C14H27N3S/c1-4-6-7-9-17(3)11-13-12-18-14(16-13)10-15-8-5-2/h12,15H,4-11H2,1-3H3. The molecule has 1 rings (SSSR count). The molecular formula is C14H27N3S. The van der Waals surface area contributed by atoms with Crippen molar-refractivity contribution >= 4 is 11.3 Å². The molecule has 0 aromatic carbocycles. The van der Waals surface area contributed by atoms with Crippen LogP contribution in [0, 0.1) is 0 Å². The molecule has 0 saturated carbocycles. The molecule has 0 amide bonds. The quantitative estimate of drug-likeness (QED) is 0.661. The van der Waals surface area contributed by atoms with Crippen molar-refractivity contribution in [1.29, 1.82) is 0 Å². The van der Waals surface area contributed by atoms with Gasteiger partial charge in [-0.3, -0.25) is 0 Å². The Morgan fingerprint density at radius 3 is 2.83 bits per heavy atom. The summed E-state index contributed by atoms with van der Waals surface area (Å²) in [4.78, 5) is 7.03. The fraction of sp³-hybridized carbons (Fsp3) is 0.786. The molecule has 1 heterocycles. The van der Waals surface area contributed by atoms with Crippen LogP contribution >= 0.6 is 11.3 Å². The number of aromatic nitrogens is 1. The van der Waals surface area contributed by atoms with E-state index in [1.54, 1.807) is 11.3 Å². The Balaban J connectivity index is 2.25. The summed E-state index contributed by atoms with van der Waals surface area (Å²) in [6.45, 7) is 8.58. The minimum absolute atomic E-state index is 0.915. The molecule has 0 aliphatic carbocycles. The molecule has 0 radical (unpaired) electrons. The van der Waals surface area contributed by atoms with Gasteiger partial charge in [0.25, 0.3) is 0 Å². The van der Waals surface area contributed by atoms with E-state index in [1.807, 2.05) is 0 Å². The Morgan fingerprint density at radius 2 is 2.11 bits per heavy atom. The fourth-order valence-electron chi connectivity index (χ4n) is 1.86. The molecule has 4 heteroatoms. The van der Waals surface area contributed by atoms with Crippen molar-refractivity contribution in [3.05, 3.63) is 16.1 Å². The summed E-state index contributed by atoms with van der Waals surface area (Å²) in [6, 6.07) is 0. The number of unbranched alkanes of at least 4 members (excludes halogenated alkanes) is 2. The van der Waals surface area contributed by atoms with Crippen molar-refractivity contribution in [2.45, 2.75) is 52.6 Å². The smallest absolute Gasteiger partial charge is 0.107 e. The van der Waals surface area contributed by atoms with E-state index in [4.69, 9.17) is 0 Å². The van der Waals surface area contributed by atoms with Crippen molar-refractivity contribution in [3.63, 3.8) is 0 Å². The molecule has 1 aromatic rings. The van der Waals surface area contributed by atoms with Crippen molar-refractivity contribution in [2.24, 2.45) is 0 Å². The van der Waals surface area contributed by atoms with Gasteiger partial charge in [-0.1, -0.05) is 26.7 Å². The van der Waals surface area contributed by atoms with E-state index >= 15 is 0 Å². The maximum atomic E-state index is 4.66. The zero-order chi connectivity index (χ0) is 13.2. The lowest BCUT2D eigenvalue weighted by Gasteiger charge is -2.14. The van der Waals surface area contributed by atoms with Gasteiger partial charge in [0.15, 0.2) is 0 Å². The molecular weight excluding hydrogens is 242 g/mol. The van der Waals surface area contributed by atoms with Crippen LogP contribution in [0.4, 0.5) is 0 Å². The lowest BCUT2D eigenvalue weighted by Crippen LogP contribution is -2.19. The molecule has 0 bridgehead atoms. The Labute approximate surface area is 116 Å². The number of hydrogen-bond donors (Lipinski definition) is 1. The number of nitrogens with zero attached hydrogens (tertiary/aromatic N) is 2. The highest BCUT2D eigenvalue weighted by molar-refractivity contribution is 7.09. The second-order valence-corrected chi connectivity index (χ2v) is 5.80. The molecule has 3 nitrogen and oxygen atoms in total. The third-order valence-corrected chi connectivity index (χ3v) is 3.78. The van der Waals surface area contributed by atoms with E-state index in [-0.39, 0.29) is 0 Å². The maximum Gasteiger partial charge on any atom is 0.107 e. The van der Waals surface area contributed by atoms with Gasteiger partial charge < -0.3 is 10.2 Å². The number of nitrogens with one attached hydrogen (secondary N) is 1. The van der Waals surface area contributed by atoms with Crippen LogP contribution < -0.4 is 5.32 Å². The first-order valence-electron chi connectivity index (χ1n) is 7.08. The van der Waals surface area contributed by atoms with Gasteiger partial charge in [-0.05, 0) is 33.0 Å². The summed E-state index contributed by atoms with van der Waals surface area (Å²) in [6.07, 6.45) is 5.09. The molecule has 0 fully saturated rings. The molecule has 0 saturated heterocycles. The first-order chi connectivity index (χ1) is 8.76. The van der Waals surface area contributed by atoms with Crippen LogP contribution in [-0.2, 0) is 13.1 Å². The highest BCUT2D eigenvalue weighted by Gasteiger charge is 2.05. The Kier molecular flexibility index (Phi) is 8.22. The van der Waals surface area contributed by atoms with Crippen LogP contribution in [0.1, 0.15) is 50.2 Å². The summed E-state index contributed by atoms with van der Waals surface area (Å²) in [5, 5.41) is 6.80. The Morgan fingerprint density at radius 1 is 1.28 bits per heavy atom. The third-order valence-electron chi connectivity index (χ3n) is 2.88. The summed E-state index contributed by atoms with van der Waals surface area (Å²) in [7, 11) is 2.18. The van der Waals surface area contributed by atoms with Gasteiger partial charge in [-0.15, -0.1) is 11.3 Å². The van der Waals surface area contributed by atoms with Crippen molar-refractivity contribution < 1.29 is 0 Å². The zero-order valence-corrected chi connectivity index (χ0v) is 12.9. The third kappa shape index (κ3) is 6.47. The van der Waals surface area contributed by atoms with Crippen LogP contribution in [0.3, 0.4) is 0 Å². The van der Waals surface area contributed by atoms with Crippen LogP contribution in [0.5, 0.6) is 0 Å². The first-order valence-corrected chi connectivity index (χ1v) is 7.96. The summed E-state index contributed by atoms with van der Waals surface area (Å²) >= 11 is 1.77. The second kappa shape index (κ2) is 9.48. The van der Waals surface area contributed by atoms with Crippen molar-refractivity contribution in [1.82, 2.24) is 15.2 Å². The number of hydrogen-bond acceptors (Lipinski definition) is 4. The first kappa shape index (κ1) is 15.6. The highest BCUT2D eigenvalue weighted by Crippen LogP contribution is 2.11. The molecule has 0 unspecified atom stereocenters. The van der Waals surface area contributed by atoms with Crippen LogP contribution in [0.25, 0.3) is 0 Å². The van der Waals surface area contributed by atoms with Crippen molar-refractivity contribution in [3.8, 4) is 0 Å². The van der Waals surface area contributed by atoms with Crippen molar-refractivity contribution in [2.75, 3.05) is 20.1 Å². The van der Waals surface area contributed by atoms with E-state index in [9.17, 15) is 0 Å². The molecule has 104 valence electrons. The Hall–Kier alpha value is -0.450. The molecule has 0 atom stereocenters. The monoisotopic (exact) mass is 269 g/mol. The maximum absolute atomic E-state index is 4.66. The molecule has 1 aromatic heterocycles. The van der Waals surface area contributed by atoms with Gasteiger partial charge in [0, 0.05) is 18.5 Å². The normalized spacial score (nSPS) is 11.3. The van der Waals surface area contributed by atoms with Gasteiger partial charge in [-0.2, -0.15) is 0 Å². The van der Waals surface area contributed by atoms with E-state index in [2.05, 4.69) is 41.5 Å². The average molecular weight is 269 g/mol. The van der Waals surface area contributed by atoms with Gasteiger partial charge in [0.1, 0.15) is 5.01 Å². The van der Waals surface area contributed by atoms with Crippen LogP contribution in [0.15, 0.2) is 5.38 Å². The van der Waals surface area contributed by atoms with Crippen LogP contribution in [0.2, 0.25) is 0 Å². The molecule has 18 heavy (non-hydrogen) atoms. The van der Waals surface area contributed by atoms with E-state index in [0.717, 1.165) is 19.6 Å². The van der Waals surface area contributed by atoms with E-state index in [0.29, 0.717) is 0 Å². The summed E-state index contributed by atoms with van der Waals surface area (Å²) in [5.41, 5.74) is 1.22. The van der Waals surface area contributed by atoms with E-state index in [1.165, 1.54) is 42.9 Å². The van der Waals surface area contributed by atoms with E-state index < -0.39 is 0 Å². The number of rotatable bonds is 10. The largest absolute Gasteiger partial charge is 0.310 e. The lowest BCUT2D eigenvalue weighted by atomic mass is 10.2. The molecule has 0 aliphatic heterocycles. The molecule has 0 spiro atoms. The topological polar surface area (TPSA) is 28.2 Å². The fourth-order valence-corrected chi connectivity index (χ4v) is 2.62. The molecule has 1 N–H and O–H groups in total.